The minimum Gasteiger partial charge on any atom is -0.478 e. The van der Waals surface area contributed by atoms with Crippen molar-refractivity contribution in [3.05, 3.63) is 87.7 Å². The van der Waals surface area contributed by atoms with Crippen LogP contribution in [0.3, 0.4) is 0 Å². The molecular weight excluding hydrogens is 450 g/mol. The number of aryl methyl sites for hydroxylation is 3. The summed E-state index contributed by atoms with van der Waals surface area (Å²) >= 11 is 5.31. The predicted octanol–water partition coefficient (Wildman–Crippen LogP) is 4.24. The molecule has 1 aliphatic rings. The molecule has 3 aromatic rings. The average molecular weight is 474 g/mol. The summed E-state index contributed by atoms with van der Waals surface area (Å²) in [4.78, 5) is 39.2. The standard InChI is InChI=1S/C26H23N3O4S/c1-14-9-15(2)11-19(10-14)29-24(31)21(23(30)27-26(29)34)13-18-12-16(3)28(17(18)4)22-8-6-5-7-20(22)25(32)33/h5-13H,1-4H3,(H,32,33)(H,27,30,34)/b21-13+. The average Bonchev–Trinajstić information content (AvgIpc) is 3.03. The lowest BCUT2D eigenvalue weighted by Gasteiger charge is -2.29. The maximum atomic E-state index is 13.4. The number of nitrogens with zero attached hydrogens (tertiary/aromatic N) is 2. The summed E-state index contributed by atoms with van der Waals surface area (Å²) in [6.45, 7) is 7.50. The number of benzene rings is 2. The SMILES string of the molecule is Cc1cc(C)cc(N2C(=O)/C(=C/c3cc(C)n(-c4ccccc4C(=O)O)c3C)C(=O)NC2=S)c1. The molecule has 1 fully saturated rings. The number of carbonyl (C=O) groups excluding carboxylic acids is 2. The second-order valence-corrected chi connectivity index (χ2v) is 8.67. The lowest BCUT2D eigenvalue weighted by Crippen LogP contribution is -2.54. The van der Waals surface area contributed by atoms with Gasteiger partial charge < -0.3 is 9.67 Å². The van der Waals surface area contributed by atoms with Gasteiger partial charge >= 0.3 is 5.97 Å². The van der Waals surface area contributed by atoms with Crippen LogP contribution in [0, 0.1) is 27.7 Å². The van der Waals surface area contributed by atoms with Crippen LogP contribution in [0.15, 0.2) is 54.1 Å². The number of hydrogen-bond acceptors (Lipinski definition) is 4. The van der Waals surface area contributed by atoms with Gasteiger partial charge in [0.1, 0.15) is 5.57 Å². The largest absolute Gasteiger partial charge is 0.478 e. The fourth-order valence-corrected chi connectivity index (χ4v) is 4.56. The van der Waals surface area contributed by atoms with Gasteiger partial charge in [0.25, 0.3) is 11.8 Å². The highest BCUT2D eigenvalue weighted by Gasteiger charge is 2.35. The molecule has 1 aliphatic heterocycles. The molecule has 172 valence electrons. The number of thiocarbonyl (C=S) groups is 1. The van der Waals surface area contributed by atoms with E-state index in [0.717, 1.165) is 16.8 Å². The van der Waals surface area contributed by atoms with Crippen LogP contribution in [0.25, 0.3) is 11.8 Å². The minimum absolute atomic E-state index is 0.0259. The van der Waals surface area contributed by atoms with Crippen molar-refractivity contribution in [1.82, 2.24) is 9.88 Å². The Kier molecular flexibility index (Phi) is 5.93. The van der Waals surface area contributed by atoms with Gasteiger partial charge in [0, 0.05) is 11.4 Å². The van der Waals surface area contributed by atoms with E-state index in [1.54, 1.807) is 22.8 Å². The Labute approximate surface area is 202 Å². The lowest BCUT2D eigenvalue weighted by molar-refractivity contribution is -0.122. The van der Waals surface area contributed by atoms with Gasteiger partial charge in [0.2, 0.25) is 0 Å². The molecule has 0 atom stereocenters. The number of carboxylic acids is 1. The van der Waals surface area contributed by atoms with Crippen molar-refractivity contribution in [1.29, 1.82) is 0 Å². The van der Waals surface area contributed by atoms with E-state index in [9.17, 15) is 19.5 Å². The molecule has 1 aromatic heterocycles. The molecule has 2 aromatic carbocycles. The van der Waals surface area contributed by atoms with E-state index in [-0.39, 0.29) is 16.2 Å². The van der Waals surface area contributed by atoms with E-state index >= 15 is 0 Å². The Bertz CT molecular complexity index is 1400. The van der Waals surface area contributed by atoms with Crippen LogP contribution in [-0.2, 0) is 9.59 Å². The Morgan fingerprint density at radius 3 is 2.29 bits per heavy atom. The topological polar surface area (TPSA) is 91.6 Å². The maximum absolute atomic E-state index is 13.4. The van der Waals surface area contributed by atoms with E-state index in [1.807, 2.05) is 52.0 Å². The van der Waals surface area contributed by atoms with Gasteiger partial charge in [-0.25, -0.2) is 4.79 Å². The molecule has 0 bridgehead atoms. The van der Waals surface area contributed by atoms with Gasteiger partial charge in [0.15, 0.2) is 5.11 Å². The number of amides is 2. The Morgan fingerprint density at radius 2 is 1.65 bits per heavy atom. The van der Waals surface area contributed by atoms with Gasteiger partial charge in [0.05, 0.1) is 16.9 Å². The molecule has 0 radical (unpaired) electrons. The number of hydrogen-bond donors (Lipinski definition) is 2. The highest BCUT2D eigenvalue weighted by atomic mass is 32.1. The van der Waals surface area contributed by atoms with Crippen LogP contribution in [0.5, 0.6) is 0 Å². The first-order chi connectivity index (χ1) is 16.1. The van der Waals surface area contributed by atoms with Gasteiger partial charge in [-0.05, 0) is 93.0 Å². The third kappa shape index (κ3) is 4.04. The van der Waals surface area contributed by atoms with Crippen molar-refractivity contribution in [3.8, 4) is 5.69 Å². The molecule has 2 heterocycles. The summed E-state index contributed by atoms with van der Waals surface area (Å²) in [5.41, 5.74) is 5.22. The highest BCUT2D eigenvalue weighted by Crippen LogP contribution is 2.28. The van der Waals surface area contributed by atoms with Crippen LogP contribution in [-0.4, -0.2) is 32.6 Å². The molecule has 0 aliphatic carbocycles. The number of carboxylic acid groups (broad SMARTS) is 1. The normalized spacial score (nSPS) is 15.1. The molecule has 8 heteroatoms. The fourth-order valence-electron chi connectivity index (χ4n) is 4.28. The number of para-hydroxylation sites is 1. The number of rotatable bonds is 4. The summed E-state index contributed by atoms with van der Waals surface area (Å²) in [5, 5.41) is 12.2. The van der Waals surface area contributed by atoms with Gasteiger partial charge in [-0.1, -0.05) is 18.2 Å². The first kappa shape index (κ1) is 23.1. The molecule has 0 spiro atoms. The highest BCUT2D eigenvalue weighted by molar-refractivity contribution is 7.80. The van der Waals surface area contributed by atoms with Gasteiger partial charge in [-0.15, -0.1) is 0 Å². The summed E-state index contributed by atoms with van der Waals surface area (Å²) in [7, 11) is 0. The van der Waals surface area contributed by atoms with Crippen LogP contribution in [0.2, 0.25) is 0 Å². The Balaban J connectivity index is 1.81. The summed E-state index contributed by atoms with van der Waals surface area (Å²) in [5.74, 6) is -2.14. The number of aromatic carboxylic acids is 1. The third-order valence-corrected chi connectivity index (χ3v) is 6.00. The van der Waals surface area contributed by atoms with Crippen LogP contribution in [0.1, 0.15) is 38.4 Å². The van der Waals surface area contributed by atoms with Crippen molar-refractivity contribution in [3.63, 3.8) is 0 Å². The quantitative estimate of drug-likeness (QED) is 0.336. The van der Waals surface area contributed by atoms with E-state index < -0.39 is 17.8 Å². The second kappa shape index (κ2) is 8.72. The molecule has 0 saturated carbocycles. The number of carbonyl (C=O) groups is 3. The van der Waals surface area contributed by atoms with Crippen molar-refractivity contribution in [2.24, 2.45) is 0 Å². The van der Waals surface area contributed by atoms with E-state index in [1.165, 1.54) is 17.0 Å². The summed E-state index contributed by atoms with van der Waals surface area (Å²) in [6, 6.07) is 14.2. The van der Waals surface area contributed by atoms with Gasteiger partial charge in [-0.3, -0.25) is 19.8 Å². The molecule has 2 N–H and O–H groups in total. The predicted molar refractivity (Wildman–Crippen MR) is 134 cm³/mol. The zero-order valence-corrected chi connectivity index (χ0v) is 20.0. The smallest absolute Gasteiger partial charge is 0.337 e. The van der Waals surface area contributed by atoms with E-state index in [4.69, 9.17) is 12.2 Å². The zero-order chi connectivity index (χ0) is 24.7. The zero-order valence-electron chi connectivity index (χ0n) is 19.2. The monoisotopic (exact) mass is 473 g/mol. The number of aromatic nitrogens is 1. The Hall–Kier alpha value is -4.04. The van der Waals surface area contributed by atoms with Crippen molar-refractivity contribution >= 4 is 46.9 Å². The molecule has 34 heavy (non-hydrogen) atoms. The molecule has 4 rings (SSSR count). The first-order valence-corrected chi connectivity index (χ1v) is 11.0. The molecule has 0 unspecified atom stereocenters. The van der Waals surface area contributed by atoms with Crippen LogP contribution < -0.4 is 10.2 Å². The number of anilines is 1. The molecule has 2 amide bonds. The molecule has 7 nitrogen and oxygen atoms in total. The summed E-state index contributed by atoms with van der Waals surface area (Å²) < 4.78 is 1.80. The third-order valence-electron chi connectivity index (χ3n) is 5.71. The minimum atomic E-state index is -1.04. The summed E-state index contributed by atoms with van der Waals surface area (Å²) in [6.07, 6.45) is 1.53. The molecular formula is C26H23N3O4S. The van der Waals surface area contributed by atoms with Gasteiger partial charge in [-0.2, -0.15) is 0 Å². The van der Waals surface area contributed by atoms with Crippen molar-refractivity contribution in [2.45, 2.75) is 27.7 Å². The van der Waals surface area contributed by atoms with E-state index in [0.29, 0.717) is 22.6 Å². The van der Waals surface area contributed by atoms with Crippen LogP contribution in [0.4, 0.5) is 5.69 Å². The Morgan fingerprint density at radius 1 is 1.00 bits per heavy atom. The molecule has 1 saturated heterocycles. The van der Waals surface area contributed by atoms with Crippen LogP contribution >= 0.6 is 12.2 Å². The fraction of sp³-hybridized carbons (Fsp3) is 0.154. The second-order valence-electron chi connectivity index (χ2n) is 8.29. The number of nitrogens with one attached hydrogen (secondary N) is 1. The van der Waals surface area contributed by atoms with Crippen molar-refractivity contribution < 1.29 is 19.5 Å². The lowest BCUT2D eigenvalue weighted by atomic mass is 10.1. The maximum Gasteiger partial charge on any atom is 0.337 e. The first-order valence-electron chi connectivity index (χ1n) is 10.6. The van der Waals surface area contributed by atoms with Crippen molar-refractivity contribution in [2.75, 3.05) is 4.90 Å². The van der Waals surface area contributed by atoms with E-state index in [2.05, 4.69) is 5.32 Å².